The van der Waals surface area contributed by atoms with Gasteiger partial charge in [0, 0.05) is 13.8 Å². The fourth-order valence-electron chi connectivity index (χ4n) is 6.70. The van der Waals surface area contributed by atoms with E-state index in [0.717, 1.165) is 63.4 Å². The zero-order valence-corrected chi connectivity index (χ0v) is 27.3. The molecule has 0 spiro atoms. The molecule has 4 aromatic rings. The van der Waals surface area contributed by atoms with E-state index < -0.39 is 5.41 Å². The van der Waals surface area contributed by atoms with E-state index in [4.69, 9.17) is 19.5 Å². The number of aliphatic imine (C=N–C) groups is 2. The van der Waals surface area contributed by atoms with Crippen LogP contribution in [-0.4, -0.2) is 34.1 Å². The predicted octanol–water partition coefficient (Wildman–Crippen LogP) is 5.92. The standard InChI is InChI=1S/C37H48N6O2/c1-29-40(3)23-25-42(29)21-13-11-19-37(20-12-14-22-43-26-24-41(4)30(43)2,35-38-33(27-44-35)31-15-7-5-8-16-31)36-39-34(28-45-36)32-17-9-6-10-18-32/h5-10,15-18,23-26,33-34H,11-14,19-22,27-28H2,1-4H3/q+2/t33-,34-/m0/s1. The van der Waals surface area contributed by atoms with Crippen molar-refractivity contribution in [2.45, 2.75) is 77.5 Å². The van der Waals surface area contributed by atoms with Crippen LogP contribution in [0.15, 0.2) is 95.4 Å². The molecule has 0 bridgehead atoms. The number of hydrogen-bond donors (Lipinski definition) is 0. The number of aryl methyl sites for hydroxylation is 4. The zero-order valence-electron chi connectivity index (χ0n) is 27.3. The molecule has 45 heavy (non-hydrogen) atoms. The molecule has 0 saturated carbocycles. The summed E-state index contributed by atoms with van der Waals surface area (Å²) in [6, 6.07) is 21.0. The van der Waals surface area contributed by atoms with Crippen LogP contribution >= 0.6 is 0 Å². The molecular formula is C37H48N6O2+2. The van der Waals surface area contributed by atoms with Gasteiger partial charge in [0.1, 0.15) is 55.5 Å². The molecular weight excluding hydrogens is 560 g/mol. The number of nitrogens with zero attached hydrogens (tertiary/aromatic N) is 6. The summed E-state index contributed by atoms with van der Waals surface area (Å²) in [6.07, 6.45) is 14.5. The van der Waals surface area contributed by atoms with Crippen molar-refractivity contribution in [1.82, 2.24) is 9.13 Å². The topological polar surface area (TPSA) is 60.8 Å². The van der Waals surface area contributed by atoms with Gasteiger partial charge in [-0.05, 0) is 49.7 Å². The second-order valence-corrected chi connectivity index (χ2v) is 12.6. The van der Waals surface area contributed by atoms with E-state index in [1.807, 2.05) is 0 Å². The van der Waals surface area contributed by atoms with E-state index >= 15 is 0 Å². The van der Waals surface area contributed by atoms with E-state index in [1.165, 1.54) is 22.8 Å². The summed E-state index contributed by atoms with van der Waals surface area (Å²) < 4.78 is 22.2. The molecule has 236 valence electrons. The number of aromatic nitrogens is 4. The highest BCUT2D eigenvalue weighted by atomic mass is 16.5. The minimum absolute atomic E-state index is 0.0162. The van der Waals surface area contributed by atoms with Crippen molar-refractivity contribution in [2.75, 3.05) is 13.2 Å². The van der Waals surface area contributed by atoms with Gasteiger partial charge in [-0.1, -0.05) is 60.7 Å². The third-order valence-corrected chi connectivity index (χ3v) is 9.79. The third kappa shape index (κ3) is 6.75. The van der Waals surface area contributed by atoms with Crippen LogP contribution in [0.5, 0.6) is 0 Å². The van der Waals surface area contributed by atoms with Gasteiger partial charge in [0.15, 0.2) is 11.8 Å². The molecule has 0 fully saturated rings. The predicted molar refractivity (Wildman–Crippen MR) is 176 cm³/mol. The molecule has 2 aromatic carbocycles. The van der Waals surface area contributed by atoms with E-state index in [1.54, 1.807) is 0 Å². The van der Waals surface area contributed by atoms with Crippen LogP contribution in [0.25, 0.3) is 0 Å². The molecule has 0 aliphatic carbocycles. The molecule has 2 aromatic heterocycles. The van der Waals surface area contributed by atoms with Crippen LogP contribution < -0.4 is 9.13 Å². The summed E-state index contributed by atoms with van der Waals surface area (Å²) in [5, 5.41) is 0. The summed E-state index contributed by atoms with van der Waals surface area (Å²) in [5.74, 6) is 4.13. The van der Waals surface area contributed by atoms with E-state index in [2.05, 4.69) is 132 Å². The van der Waals surface area contributed by atoms with Crippen molar-refractivity contribution < 1.29 is 18.6 Å². The van der Waals surface area contributed by atoms with Gasteiger partial charge in [-0.2, -0.15) is 0 Å². The van der Waals surface area contributed by atoms with Crippen molar-refractivity contribution in [1.29, 1.82) is 0 Å². The largest absolute Gasteiger partial charge is 0.478 e. The molecule has 0 N–H and O–H groups in total. The van der Waals surface area contributed by atoms with E-state index in [-0.39, 0.29) is 12.1 Å². The van der Waals surface area contributed by atoms with Gasteiger partial charge in [0.05, 0.1) is 27.2 Å². The van der Waals surface area contributed by atoms with Gasteiger partial charge in [-0.3, -0.25) is 0 Å². The van der Waals surface area contributed by atoms with Crippen LogP contribution in [0.4, 0.5) is 0 Å². The van der Waals surface area contributed by atoms with E-state index in [9.17, 15) is 0 Å². The van der Waals surface area contributed by atoms with Crippen molar-refractivity contribution in [2.24, 2.45) is 29.5 Å². The van der Waals surface area contributed by atoms with Crippen molar-refractivity contribution in [3.63, 3.8) is 0 Å². The lowest BCUT2D eigenvalue weighted by Crippen LogP contribution is -2.40. The van der Waals surface area contributed by atoms with Gasteiger partial charge in [-0.25, -0.2) is 28.3 Å². The first kappa shape index (κ1) is 30.8. The summed E-state index contributed by atoms with van der Waals surface area (Å²) in [5.41, 5.74) is 1.87. The van der Waals surface area contributed by atoms with Gasteiger partial charge >= 0.3 is 0 Å². The highest BCUT2D eigenvalue weighted by molar-refractivity contribution is 6.06. The Labute approximate surface area is 267 Å². The molecule has 8 heteroatoms. The van der Waals surface area contributed by atoms with Crippen molar-refractivity contribution in [3.05, 3.63) is 108 Å². The Morgan fingerprint density at radius 2 is 1.09 bits per heavy atom. The van der Waals surface area contributed by atoms with Gasteiger partial charge < -0.3 is 9.47 Å². The maximum atomic E-state index is 6.59. The van der Waals surface area contributed by atoms with Crippen molar-refractivity contribution in [3.8, 4) is 0 Å². The fourth-order valence-corrected chi connectivity index (χ4v) is 6.70. The molecule has 0 saturated heterocycles. The summed E-state index contributed by atoms with van der Waals surface area (Å²) in [7, 11) is 4.20. The minimum Gasteiger partial charge on any atom is -0.478 e. The number of rotatable bonds is 14. The Bertz CT molecular complexity index is 1500. The van der Waals surface area contributed by atoms with Crippen LogP contribution in [-0.2, 0) is 36.7 Å². The molecule has 0 amide bonds. The first-order valence-electron chi connectivity index (χ1n) is 16.5. The average molecular weight is 609 g/mol. The number of imidazole rings is 2. The van der Waals surface area contributed by atoms with E-state index in [0.29, 0.717) is 13.2 Å². The number of ether oxygens (including phenoxy) is 2. The lowest BCUT2D eigenvalue weighted by atomic mass is 9.77. The highest BCUT2D eigenvalue weighted by Gasteiger charge is 2.48. The van der Waals surface area contributed by atoms with Crippen LogP contribution in [0.1, 0.15) is 73.4 Å². The monoisotopic (exact) mass is 608 g/mol. The fraction of sp³-hybridized carbons (Fsp3) is 0.459. The number of hydrogen-bond acceptors (Lipinski definition) is 4. The highest BCUT2D eigenvalue weighted by Crippen LogP contribution is 2.43. The molecule has 8 nitrogen and oxygen atoms in total. The zero-order chi connectivity index (χ0) is 31.2. The first-order valence-corrected chi connectivity index (χ1v) is 16.5. The molecule has 6 rings (SSSR count). The first-order chi connectivity index (χ1) is 21.9. The van der Waals surface area contributed by atoms with Crippen molar-refractivity contribution >= 4 is 11.8 Å². The van der Waals surface area contributed by atoms with Crippen LogP contribution in [0.3, 0.4) is 0 Å². The Morgan fingerprint density at radius 3 is 1.47 bits per heavy atom. The maximum Gasteiger partial charge on any atom is 0.253 e. The molecule has 2 aliphatic rings. The average Bonchev–Trinajstić information content (AvgIpc) is 3.88. The van der Waals surface area contributed by atoms with Gasteiger partial charge in [-0.15, -0.1) is 0 Å². The summed E-state index contributed by atoms with van der Waals surface area (Å²) in [4.78, 5) is 10.6. The number of benzene rings is 2. The minimum atomic E-state index is -0.500. The molecule has 0 unspecified atom stereocenters. The Kier molecular flexibility index (Phi) is 9.47. The Balaban J connectivity index is 1.29. The van der Waals surface area contributed by atoms with Gasteiger partial charge in [0.25, 0.3) is 11.6 Å². The smallest absolute Gasteiger partial charge is 0.253 e. The van der Waals surface area contributed by atoms with Crippen LogP contribution in [0.2, 0.25) is 0 Å². The second kappa shape index (κ2) is 13.8. The maximum absolute atomic E-state index is 6.59. The SMILES string of the molecule is Cc1n(CCCCC(CCCCn2cc[n+](C)c2C)(C2=N[C@H](c3ccccc3)CO2)C2=N[C@H](c3ccccc3)CO2)cc[n+]1C. The normalized spacial score (nSPS) is 18.0. The number of unbranched alkanes of at least 4 members (excludes halogenated alkanes) is 2. The Morgan fingerprint density at radius 1 is 0.667 bits per heavy atom. The molecule has 0 radical (unpaired) electrons. The molecule has 2 aliphatic heterocycles. The lowest BCUT2D eigenvalue weighted by Gasteiger charge is -2.32. The molecule has 2 atom stereocenters. The summed E-state index contributed by atoms with van der Waals surface area (Å²) in [6.45, 7) is 7.40. The quantitative estimate of drug-likeness (QED) is 0.132. The second-order valence-electron chi connectivity index (χ2n) is 12.6. The molecule has 4 heterocycles. The lowest BCUT2D eigenvalue weighted by molar-refractivity contribution is -0.677. The van der Waals surface area contributed by atoms with Gasteiger partial charge in [0.2, 0.25) is 0 Å². The Hall–Kier alpha value is -4.20. The van der Waals surface area contributed by atoms with Crippen LogP contribution in [0, 0.1) is 19.3 Å². The third-order valence-electron chi connectivity index (χ3n) is 9.79. The summed E-state index contributed by atoms with van der Waals surface area (Å²) >= 11 is 0.